The quantitative estimate of drug-likeness (QED) is 0.417. The van der Waals surface area contributed by atoms with E-state index in [-0.39, 0.29) is 17.4 Å². The lowest BCUT2D eigenvalue weighted by Gasteiger charge is -2.13. The molecule has 2 N–H and O–H groups in total. The van der Waals surface area contributed by atoms with Crippen LogP contribution < -0.4 is 5.32 Å². The van der Waals surface area contributed by atoms with Crippen molar-refractivity contribution in [3.63, 3.8) is 0 Å². The molecule has 0 saturated heterocycles. The van der Waals surface area contributed by atoms with E-state index in [0.717, 1.165) is 12.0 Å². The van der Waals surface area contributed by atoms with Crippen molar-refractivity contribution in [2.45, 2.75) is 31.3 Å². The van der Waals surface area contributed by atoms with Crippen molar-refractivity contribution in [1.82, 2.24) is 4.98 Å². The van der Waals surface area contributed by atoms with Crippen molar-refractivity contribution >= 4 is 29.1 Å². The minimum atomic E-state index is -0.943. The molecule has 0 bridgehead atoms. The number of carbonyl (C=O) groups excluding carboxylic acids is 1. The Morgan fingerprint density at radius 3 is 2.67 bits per heavy atom. The van der Waals surface area contributed by atoms with Crippen LogP contribution in [-0.4, -0.2) is 22.2 Å². The fourth-order valence-electron chi connectivity index (χ4n) is 3.45. The smallest absolute Gasteiger partial charge is 0.414 e. The van der Waals surface area contributed by atoms with Crippen LogP contribution in [0.25, 0.3) is 11.2 Å². The van der Waals surface area contributed by atoms with Crippen LogP contribution in [0.2, 0.25) is 0 Å². The molecule has 1 atom stereocenters. The number of ether oxygens (including phenoxy) is 1. The Bertz CT molecular complexity index is 1370. The number of carbonyl (C=O) groups is 2. The van der Waals surface area contributed by atoms with Gasteiger partial charge in [-0.25, -0.2) is 9.78 Å². The van der Waals surface area contributed by atoms with E-state index in [1.54, 1.807) is 19.1 Å². The molecule has 9 heteroatoms. The lowest BCUT2D eigenvalue weighted by Crippen LogP contribution is -2.18. The van der Waals surface area contributed by atoms with E-state index >= 15 is 0 Å². The van der Waals surface area contributed by atoms with Gasteiger partial charge in [0.25, 0.3) is 5.78 Å². The lowest BCUT2D eigenvalue weighted by atomic mass is 10.0. The average Bonchev–Trinajstić information content (AvgIpc) is 3.12. The third kappa shape index (κ3) is 3.94. The number of nitrogens with zero attached hydrogens (tertiary/aromatic N) is 1. The second kappa shape index (κ2) is 7.91. The number of nitrogens with one attached hydrogen (secondary N) is 1. The molecule has 1 saturated carbocycles. The summed E-state index contributed by atoms with van der Waals surface area (Å²) in [7, 11) is 0. The summed E-state index contributed by atoms with van der Waals surface area (Å²) in [5.74, 6) is 5.59. The predicted molar refractivity (Wildman–Crippen MR) is 114 cm³/mol. The molecule has 1 unspecified atom stereocenters. The number of rotatable bonds is 5. The number of fused-ring (bicyclic) bond motifs is 1. The first-order valence-electron chi connectivity index (χ1n) is 10.2. The Hall–Kier alpha value is -4.45. The largest absolute Gasteiger partial charge is 0.480 e. The summed E-state index contributed by atoms with van der Waals surface area (Å²) in [5, 5.41) is 12.5. The maximum absolute atomic E-state index is 12.2. The molecule has 0 spiro atoms. The molecule has 166 valence electrons. The van der Waals surface area contributed by atoms with Crippen LogP contribution >= 0.6 is 0 Å². The number of benzene rings is 1. The van der Waals surface area contributed by atoms with Crippen molar-refractivity contribution in [2.24, 2.45) is 0 Å². The van der Waals surface area contributed by atoms with Crippen molar-refractivity contribution in [3.8, 4) is 11.8 Å². The number of hydrogen-bond acceptors (Lipinski definition) is 7. The van der Waals surface area contributed by atoms with Gasteiger partial charge < -0.3 is 23.1 Å². The molecule has 1 fully saturated rings. The maximum atomic E-state index is 12.2. The molecule has 33 heavy (non-hydrogen) atoms. The lowest BCUT2D eigenvalue weighted by molar-refractivity contribution is -0.140. The third-order valence-corrected chi connectivity index (χ3v) is 5.49. The summed E-state index contributed by atoms with van der Waals surface area (Å²) < 4.78 is 21.7. The van der Waals surface area contributed by atoms with Crippen LogP contribution in [0.5, 0.6) is 0 Å². The molecule has 3 aromatic heterocycles. The standard InChI is InChI=1S/C24H18N2O7/c1-14(15-5-3-2-4-6-15)31-23(29)26-20-18(25-13-30-20)8-7-17-11-16-12-19(33-21(16)32-17)24(9-10-24)22(27)28/h2-6,11-14H,9-10H2,1H3,(H,26,29)(H,27,28). The van der Waals surface area contributed by atoms with Gasteiger partial charge in [-0.05, 0) is 43.2 Å². The maximum Gasteiger partial charge on any atom is 0.414 e. The third-order valence-electron chi connectivity index (χ3n) is 5.49. The first-order valence-corrected chi connectivity index (χ1v) is 10.2. The Kier molecular flexibility index (Phi) is 4.90. The first kappa shape index (κ1) is 20.5. The molecule has 4 aromatic rings. The average molecular weight is 446 g/mol. The zero-order chi connectivity index (χ0) is 23.0. The molecular formula is C24H18N2O7. The summed E-state index contributed by atoms with van der Waals surface area (Å²) >= 11 is 0. The number of amides is 1. The number of anilines is 1. The van der Waals surface area contributed by atoms with Crippen LogP contribution in [0.15, 0.2) is 62.1 Å². The summed E-state index contributed by atoms with van der Waals surface area (Å²) in [6.07, 6.45) is 1.07. The molecule has 1 aromatic carbocycles. The summed E-state index contributed by atoms with van der Waals surface area (Å²) in [5.41, 5.74) is 0.101. The number of carboxylic acids is 1. The predicted octanol–water partition coefficient (Wildman–Crippen LogP) is 4.84. The number of aliphatic carboxylic acids is 1. The zero-order valence-corrected chi connectivity index (χ0v) is 17.5. The van der Waals surface area contributed by atoms with Crippen molar-refractivity contribution in [2.75, 3.05) is 5.32 Å². The van der Waals surface area contributed by atoms with Gasteiger partial charge in [0.05, 0.1) is 5.39 Å². The van der Waals surface area contributed by atoms with Gasteiger partial charge in [-0.3, -0.25) is 10.1 Å². The van der Waals surface area contributed by atoms with Gasteiger partial charge in [-0.2, -0.15) is 0 Å². The van der Waals surface area contributed by atoms with Crippen LogP contribution in [0.3, 0.4) is 0 Å². The SMILES string of the molecule is CC(OC(=O)Nc1ocnc1C#Cc1cc2cc(C3(C(=O)O)CC3)oc2o1)c1ccccc1. The molecule has 9 nitrogen and oxygen atoms in total. The Balaban J connectivity index is 1.27. The number of oxazole rings is 1. The zero-order valence-electron chi connectivity index (χ0n) is 17.5. The molecule has 3 heterocycles. The second-order valence-corrected chi connectivity index (χ2v) is 7.71. The van der Waals surface area contributed by atoms with Gasteiger partial charge in [0.2, 0.25) is 5.88 Å². The van der Waals surface area contributed by atoms with Gasteiger partial charge in [-0.15, -0.1) is 0 Å². The monoisotopic (exact) mass is 446 g/mol. The molecule has 5 rings (SSSR count). The van der Waals surface area contributed by atoms with Gasteiger partial charge in [0.15, 0.2) is 17.8 Å². The van der Waals surface area contributed by atoms with E-state index in [1.165, 1.54) is 0 Å². The van der Waals surface area contributed by atoms with Gasteiger partial charge >= 0.3 is 12.1 Å². The van der Waals surface area contributed by atoms with Crippen LogP contribution in [-0.2, 0) is 14.9 Å². The van der Waals surface area contributed by atoms with Crippen LogP contribution in [0, 0.1) is 11.8 Å². The van der Waals surface area contributed by atoms with E-state index in [4.69, 9.17) is 18.0 Å². The molecule has 1 aliphatic carbocycles. The first-order chi connectivity index (χ1) is 15.9. The highest BCUT2D eigenvalue weighted by atomic mass is 16.6. The van der Waals surface area contributed by atoms with Crippen molar-refractivity contribution in [1.29, 1.82) is 0 Å². The molecule has 0 radical (unpaired) electrons. The fourth-order valence-corrected chi connectivity index (χ4v) is 3.45. The Morgan fingerprint density at radius 1 is 1.18 bits per heavy atom. The molecular weight excluding hydrogens is 428 g/mol. The normalized spacial score (nSPS) is 14.8. The van der Waals surface area contributed by atoms with E-state index in [2.05, 4.69) is 22.1 Å². The number of hydrogen-bond donors (Lipinski definition) is 2. The Morgan fingerprint density at radius 2 is 1.97 bits per heavy atom. The van der Waals surface area contributed by atoms with Crippen LogP contribution in [0.4, 0.5) is 10.7 Å². The Labute approximate surface area is 187 Å². The van der Waals surface area contributed by atoms with E-state index < -0.39 is 23.6 Å². The summed E-state index contributed by atoms with van der Waals surface area (Å²) in [6.45, 7) is 1.76. The van der Waals surface area contributed by atoms with Crippen LogP contribution in [0.1, 0.15) is 48.6 Å². The topological polar surface area (TPSA) is 128 Å². The van der Waals surface area contributed by atoms with Gasteiger partial charge in [-0.1, -0.05) is 30.3 Å². The molecule has 1 amide bonds. The highest BCUT2D eigenvalue weighted by Gasteiger charge is 2.54. The number of aromatic nitrogens is 1. The fraction of sp³-hybridized carbons (Fsp3) is 0.208. The molecule has 0 aliphatic heterocycles. The van der Waals surface area contributed by atoms with E-state index in [1.807, 2.05) is 30.3 Å². The minimum Gasteiger partial charge on any atom is -0.480 e. The van der Waals surface area contributed by atoms with Gasteiger partial charge in [0.1, 0.15) is 17.3 Å². The van der Waals surface area contributed by atoms with Crippen molar-refractivity contribution in [3.05, 3.63) is 71.6 Å². The highest BCUT2D eigenvalue weighted by molar-refractivity contribution is 5.86. The van der Waals surface area contributed by atoms with E-state index in [0.29, 0.717) is 29.7 Å². The number of furan rings is 2. The van der Waals surface area contributed by atoms with Crippen molar-refractivity contribution < 1.29 is 32.7 Å². The van der Waals surface area contributed by atoms with Gasteiger partial charge in [0, 0.05) is 6.07 Å². The minimum absolute atomic E-state index is 0.0439. The highest BCUT2D eigenvalue weighted by Crippen LogP contribution is 2.50. The molecule has 1 aliphatic rings. The number of carboxylic acid groups (broad SMARTS) is 1. The second-order valence-electron chi connectivity index (χ2n) is 7.71. The summed E-state index contributed by atoms with van der Waals surface area (Å²) in [4.78, 5) is 27.7. The summed E-state index contributed by atoms with van der Waals surface area (Å²) in [6, 6.07) is 12.6. The van der Waals surface area contributed by atoms with E-state index in [9.17, 15) is 14.7 Å².